The van der Waals surface area contributed by atoms with Crippen LogP contribution in [0.4, 0.5) is 17.1 Å². The van der Waals surface area contributed by atoms with Gasteiger partial charge in [-0.1, -0.05) is 25.3 Å². The summed E-state index contributed by atoms with van der Waals surface area (Å²) in [6.07, 6.45) is 5.33. The van der Waals surface area contributed by atoms with Crippen LogP contribution in [0.3, 0.4) is 0 Å². The lowest BCUT2D eigenvalue weighted by Crippen LogP contribution is -2.39. The molecule has 0 atom stereocenters. The van der Waals surface area contributed by atoms with Gasteiger partial charge in [0, 0.05) is 34.4 Å². The van der Waals surface area contributed by atoms with Gasteiger partial charge in [0.05, 0.1) is 11.3 Å². The Hall–Kier alpha value is -2.87. The molecule has 0 aromatic heterocycles. The van der Waals surface area contributed by atoms with E-state index in [-0.39, 0.29) is 40.3 Å². The maximum Gasteiger partial charge on any atom is 0.257 e. The third kappa shape index (κ3) is 5.14. The molecule has 8 heteroatoms. The summed E-state index contributed by atoms with van der Waals surface area (Å²) in [6, 6.07) is 4.86. The lowest BCUT2D eigenvalue weighted by molar-refractivity contribution is 0.0824. The summed E-state index contributed by atoms with van der Waals surface area (Å²) in [7, 11) is 6.43. The zero-order valence-corrected chi connectivity index (χ0v) is 17.4. The summed E-state index contributed by atoms with van der Waals surface area (Å²) in [5, 5.41) is 16.4. The molecule has 1 fully saturated rings. The highest BCUT2D eigenvalue weighted by Crippen LogP contribution is 2.32. The highest BCUT2D eigenvalue weighted by atomic mass is 16.4. The number of carbonyl (C=O) groups is 1. The molecule has 0 unspecified atom stereocenters. The normalized spacial score (nSPS) is 14.1. The molecule has 1 aliphatic rings. The maximum absolute atomic E-state index is 12.1. The summed E-state index contributed by atoms with van der Waals surface area (Å²) in [5.41, 5.74) is -0.405. The van der Waals surface area contributed by atoms with Gasteiger partial charge in [0.2, 0.25) is 0 Å². The molecule has 0 heterocycles. The van der Waals surface area contributed by atoms with Crippen molar-refractivity contribution in [3.8, 4) is 5.75 Å². The third-order valence-corrected chi connectivity index (χ3v) is 4.80. The van der Waals surface area contributed by atoms with Gasteiger partial charge in [0.15, 0.2) is 5.75 Å². The number of hydrogen-bond acceptors (Lipinski definition) is 7. The molecule has 0 saturated heterocycles. The Morgan fingerprint density at radius 2 is 1.66 bits per heavy atom. The van der Waals surface area contributed by atoms with Gasteiger partial charge in [-0.05, 0) is 25.0 Å². The molecule has 0 bridgehead atoms. The number of nitrogens with zero attached hydrogens (tertiary/aromatic N) is 1. The number of phenols is 1. The summed E-state index contributed by atoms with van der Waals surface area (Å²) in [6.45, 7) is 0. The van der Waals surface area contributed by atoms with Crippen LogP contribution in [0.25, 0.3) is 0 Å². The first-order valence-electron chi connectivity index (χ1n) is 9.62. The van der Waals surface area contributed by atoms with Crippen molar-refractivity contribution in [2.45, 2.75) is 38.1 Å². The van der Waals surface area contributed by atoms with Crippen molar-refractivity contribution in [1.29, 1.82) is 0 Å². The quantitative estimate of drug-likeness (QED) is 0.520. The molecule has 3 N–H and O–H groups in total. The fourth-order valence-corrected chi connectivity index (χ4v) is 3.29. The van der Waals surface area contributed by atoms with E-state index in [1.165, 1.54) is 17.4 Å². The molecule has 0 radical (unpaired) electrons. The highest BCUT2D eigenvalue weighted by Gasteiger charge is 2.25. The van der Waals surface area contributed by atoms with E-state index < -0.39 is 10.9 Å². The van der Waals surface area contributed by atoms with Crippen molar-refractivity contribution in [3.63, 3.8) is 0 Å². The van der Waals surface area contributed by atoms with Crippen molar-refractivity contribution in [2.24, 2.45) is 0 Å². The zero-order chi connectivity index (χ0) is 21.6. The number of phenolic OH excluding ortho intramolecular Hbond substituents is 1. The number of anilines is 3. The van der Waals surface area contributed by atoms with Crippen LogP contribution in [0.5, 0.6) is 5.75 Å². The van der Waals surface area contributed by atoms with Gasteiger partial charge >= 0.3 is 0 Å². The minimum Gasteiger partial charge on any atom is -0.505 e. The van der Waals surface area contributed by atoms with Crippen molar-refractivity contribution in [1.82, 2.24) is 4.90 Å². The summed E-state index contributed by atoms with van der Waals surface area (Å²) in [4.78, 5) is 37.4. The van der Waals surface area contributed by atoms with E-state index in [4.69, 9.17) is 0 Å². The molecule has 1 saturated carbocycles. The fraction of sp³-hybridized carbons (Fsp3) is 0.476. The monoisotopic (exact) mass is 403 g/mol. The molecule has 0 spiro atoms. The number of hydrogen-bond donors (Lipinski definition) is 3. The molecule has 1 amide bonds. The van der Waals surface area contributed by atoms with Crippen molar-refractivity contribution in [3.05, 3.63) is 44.2 Å². The largest absolute Gasteiger partial charge is 0.505 e. The topological polar surface area (TPSA) is 108 Å². The second-order valence-electron chi connectivity index (χ2n) is 7.32. The minimum atomic E-state index is -0.618. The van der Waals surface area contributed by atoms with Crippen molar-refractivity contribution < 1.29 is 14.6 Å². The van der Waals surface area contributed by atoms with Gasteiger partial charge in [-0.25, -0.2) is 0 Å². The Bertz CT molecular complexity index is 910. The van der Waals surface area contributed by atoms with Crippen LogP contribution in [-0.4, -0.2) is 50.3 Å². The number of nitrogens with one attached hydrogen (secondary N) is 2. The first-order chi connectivity index (χ1) is 13.8. The number of carbonyl (C=O) groups excluding carboxylic acids is 1. The first kappa shape index (κ1) is 22.4. The van der Waals surface area contributed by atoms with Crippen LogP contribution in [0.1, 0.15) is 42.5 Å². The Balaban J connectivity index is 0.000000941. The number of ether oxygens (including phenoxy) is 1. The van der Waals surface area contributed by atoms with Crippen LogP contribution in [0, 0.1) is 0 Å². The van der Waals surface area contributed by atoms with E-state index >= 15 is 0 Å². The van der Waals surface area contributed by atoms with Gasteiger partial charge in [0.25, 0.3) is 16.8 Å². The number of methoxy groups -OCH3 is 1. The Morgan fingerprint density at radius 3 is 2.24 bits per heavy atom. The van der Waals surface area contributed by atoms with Crippen LogP contribution >= 0.6 is 0 Å². The van der Waals surface area contributed by atoms with E-state index in [9.17, 15) is 19.5 Å². The molecule has 8 nitrogen and oxygen atoms in total. The molecular weight excluding hydrogens is 374 g/mol. The highest BCUT2D eigenvalue weighted by molar-refractivity contribution is 5.99. The number of rotatable bonds is 5. The van der Waals surface area contributed by atoms with Gasteiger partial charge in [0.1, 0.15) is 11.4 Å². The fourth-order valence-electron chi connectivity index (χ4n) is 3.29. The SMILES string of the molecule is CN(C)C(=O)c1cccc(Nc2c(NC3CCCCC3)c(=O)c2=O)c1O.COC. The summed E-state index contributed by atoms with van der Waals surface area (Å²) in [5.74, 6) is -0.598. The first-order valence-corrected chi connectivity index (χ1v) is 9.62. The number of aromatic hydroxyl groups is 1. The third-order valence-electron chi connectivity index (χ3n) is 4.80. The molecule has 3 rings (SSSR count). The van der Waals surface area contributed by atoms with Crippen LogP contribution in [0.15, 0.2) is 27.8 Å². The molecule has 29 heavy (non-hydrogen) atoms. The lowest BCUT2D eigenvalue weighted by atomic mass is 9.95. The number of benzene rings is 1. The summed E-state index contributed by atoms with van der Waals surface area (Å²) < 4.78 is 4.25. The van der Waals surface area contributed by atoms with Gasteiger partial charge in [-0.2, -0.15) is 0 Å². The van der Waals surface area contributed by atoms with Crippen LogP contribution in [-0.2, 0) is 4.74 Å². The van der Waals surface area contributed by atoms with Crippen molar-refractivity contribution in [2.75, 3.05) is 38.9 Å². The Morgan fingerprint density at radius 1 is 1.07 bits per heavy atom. The van der Waals surface area contributed by atoms with Gasteiger partial charge in [-0.3, -0.25) is 14.4 Å². The van der Waals surface area contributed by atoms with Crippen LogP contribution < -0.4 is 21.5 Å². The predicted molar refractivity (Wildman–Crippen MR) is 114 cm³/mol. The standard InChI is InChI=1S/C19H23N3O4.C2H6O/c1-22(2)19(26)12-9-6-10-13(16(12)23)21-15-14(17(24)18(15)25)20-11-7-4-3-5-8-11;1-3-2/h6,9-11,20-21,23H,3-5,7-8H2,1-2H3;1-2H3. The molecule has 0 aliphatic heterocycles. The molecule has 2 aromatic rings. The van der Waals surface area contributed by atoms with Gasteiger partial charge < -0.3 is 25.4 Å². The molecular formula is C21H29N3O5. The molecule has 158 valence electrons. The van der Waals surface area contributed by atoms with Gasteiger partial charge in [-0.15, -0.1) is 0 Å². The van der Waals surface area contributed by atoms with E-state index in [2.05, 4.69) is 15.4 Å². The smallest absolute Gasteiger partial charge is 0.257 e. The van der Waals surface area contributed by atoms with E-state index in [0.29, 0.717) is 0 Å². The van der Waals surface area contributed by atoms with Crippen molar-refractivity contribution >= 4 is 23.0 Å². The van der Waals surface area contributed by atoms with Crippen LogP contribution in [0.2, 0.25) is 0 Å². The predicted octanol–water partition coefficient (Wildman–Crippen LogP) is 2.44. The maximum atomic E-state index is 12.1. The van der Waals surface area contributed by atoms with E-state index in [1.54, 1.807) is 40.4 Å². The average molecular weight is 403 g/mol. The lowest BCUT2D eigenvalue weighted by Gasteiger charge is -2.25. The average Bonchev–Trinajstić information content (AvgIpc) is 2.72. The molecule has 2 aromatic carbocycles. The number of para-hydroxylation sites is 1. The number of amides is 1. The minimum absolute atomic E-state index is 0.125. The zero-order valence-electron chi connectivity index (χ0n) is 17.4. The van der Waals surface area contributed by atoms with E-state index in [0.717, 1.165) is 25.7 Å². The Kier molecular flexibility index (Phi) is 7.78. The molecule has 1 aliphatic carbocycles. The van der Waals surface area contributed by atoms with E-state index in [1.807, 2.05) is 0 Å². The second kappa shape index (κ2) is 10.1. The summed E-state index contributed by atoms with van der Waals surface area (Å²) >= 11 is 0. The second-order valence-corrected chi connectivity index (χ2v) is 7.32. The Labute approximate surface area is 170 Å².